The molecule has 0 radical (unpaired) electrons. The molecule has 7 heteroatoms. The number of pyridine rings is 1. The van der Waals surface area contributed by atoms with E-state index in [2.05, 4.69) is 21.8 Å². The van der Waals surface area contributed by atoms with Crippen molar-refractivity contribution in [2.45, 2.75) is 6.54 Å². The molecule has 156 valence electrons. The molecule has 1 aromatic heterocycles. The van der Waals surface area contributed by atoms with Gasteiger partial charge in [0.15, 0.2) is 5.78 Å². The molecule has 0 saturated carbocycles. The molecule has 7 nitrogen and oxygen atoms in total. The number of benzene rings is 1. The Morgan fingerprint density at radius 3 is 2.40 bits per heavy atom. The van der Waals surface area contributed by atoms with Crippen LogP contribution in [0.1, 0.15) is 27.2 Å². The van der Waals surface area contributed by atoms with Crippen LogP contribution in [0.15, 0.2) is 54.7 Å². The van der Waals surface area contributed by atoms with Crippen molar-refractivity contribution in [2.24, 2.45) is 0 Å². The molecule has 1 aliphatic heterocycles. The third kappa shape index (κ3) is 6.45. The van der Waals surface area contributed by atoms with Crippen LogP contribution in [0.4, 0.5) is 0 Å². The zero-order chi connectivity index (χ0) is 21.3. The molecule has 1 saturated heterocycles. The van der Waals surface area contributed by atoms with Crippen molar-refractivity contribution in [3.05, 3.63) is 77.1 Å². The van der Waals surface area contributed by atoms with Gasteiger partial charge in [0.2, 0.25) is 0 Å². The number of hydroxylamine groups is 1. The molecular weight excluding hydrogens is 380 g/mol. The second-order valence-electron chi connectivity index (χ2n) is 7.30. The predicted octanol–water partition coefficient (Wildman–Crippen LogP) is 2.24. The fourth-order valence-electron chi connectivity index (χ4n) is 3.12. The summed E-state index contributed by atoms with van der Waals surface area (Å²) >= 11 is 0. The second kappa shape index (κ2) is 10.6. The van der Waals surface area contributed by atoms with Crippen LogP contribution in [0.3, 0.4) is 0 Å². The highest BCUT2D eigenvalue weighted by molar-refractivity contribution is 6.06. The van der Waals surface area contributed by atoms with Gasteiger partial charge in [0.05, 0.1) is 5.69 Å². The number of hydrogen-bond donors (Lipinski definition) is 2. The molecule has 0 spiro atoms. The number of nitrogens with zero attached hydrogens (tertiary/aromatic N) is 3. The van der Waals surface area contributed by atoms with Gasteiger partial charge in [-0.2, -0.15) is 0 Å². The third-order valence-corrected chi connectivity index (χ3v) is 4.99. The Kier molecular flexibility index (Phi) is 7.62. The Morgan fingerprint density at radius 2 is 1.77 bits per heavy atom. The lowest BCUT2D eigenvalue weighted by Crippen LogP contribution is -2.43. The fraction of sp³-hybridized carbons (Fsp3) is 0.261. The first kappa shape index (κ1) is 21.6. The molecule has 30 heavy (non-hydrogen) atoms. The Labute approximate surface area is 176 Å². The molecule has 0 unspecified atom stereocenters. The minimum absolute atomic E-state index is 0.0651. The number of carbonyl (C=O) groups is 2. The van der Waals surface area contributed by atoms with Crippen molar-refractivity contribution in [3.8, 4) is 0 Å². The van der Waals surface area contributed by atoms with Gasteiger partial charge in [-0.25, -0.2) is 5.48 Å². The maximum absolute atomic E-state index is 12.4. The van der Waals surface area contributed by atoms with E-state index < -0.39 is 5.91 Å². The van der Waals surface area contributed by atoms with Crippen molar-refractivity contribution in [2.75, 3.05) is 33.2 Å². The Balaban J connectivity index is 1.54. The van der Waals surface area contributed by atoms with Crippen LogP contribution in [0, 0.1) is 0 Å². The number of allylic oxidation sites excluding steroid dienone is 1. The van der Waals surface area contributed by atoms with Crippen molar-refractivity contribution in [1.82, 2.24) is 20.3 Å². The normalized spacial score (nSPS) is 15.7. The molecule has 1 amide bonds. The molecule has 0 aliphatic carbocycles. The number of aromatic nitrogens is 1. The summed E-state index contributed by atoms with van der Waals surface area (Å²) in [7, 11) is 2.14. The predicted molar refractivity (Wildman–Crippen MR) is 116 cm³/mol. The Hall–Kier alpha value is -3.13. The highest BCUT2D eigenvalue weighted by Gasteiger charge is 2.13. The topological polar surface area (TPSA) is 85.8 Å². The van der Waals surface area contributed by atoms with Crippen LogP contribution < -0.4 is 5.48 Å². The SMILES string of the molecule is CN1CCN(Cc2ccc(C(=O)/C=C/c3ccc(/C=C/C(=O)NO)nc3)cc2)CC1. The zero-order valence-electron chi connectivity index (χ0n) is 17.0. The van der Waals surface area contributed by atoms with E-state index in [0.717, 1.165) is 38.3 Å². The first-order valence-electron chi connectivity index (χ1n) is 9.84. The van der Waals surface area contributed by atoms with Gasteiger partial charge in [-0.3, -0.25) is 24.7 Å². The Bertz CT molecular complexity index is 912. The van der Waals surface area contributed by atoms with Crippen LogP contribution in [-0.4, -0.2) is 64.9 Å². The Morgan fingerprint density at radius 1 is 1.03 bits per heavy atom. The zero-order valence-corrected chi connectivity index (χ0v) is 17.0. The van der Waals surface area contributed by atoms with E-state index in [1.807, 2.05) is 24.3 Å². The van der Waals surface area contributed by atoms with Gasteiger partial charge in [0, 0.05) is 50.6 Å². The summed E-state index contributed by atoms with van der Waals surface area (Å²) in [4.78, 5) is 32.4. The van der Waals surface area contributed by atoms with E-state index in [0.29, 0.717) is 11.3 Å². The minimum Gasteiger partial charge on any atom is -0.304 e. The lowest BCUT2D eigenvalue weighted by Gasteiger charge is -2.32. The molecule has 1 fully saturated rings. The highest BCUT2D eigenvalue weighted by Crippen LogP contribution is 2.12. The van der Waals surface area contributed by atoms with Crippen molar-refractivity contribution in [3.63, 3.8) is 0 Å². The maximum atomic E-state index is 12.4. The van der Waals surface area contributed by atoms with Crippen LogP contribution in [0.2, 0.25) is 0 Å². The summed E-state index contributed by atoms with van der Waals surface area (Å²) in [5, 5.41) is 8.45. The molecular formula is C23H26N4O3. The number of rotatable bonds is 7. The molecule has 1 aromatic carbocycles. The molecule has 0 bridgehead atoms. The van der Waals surface area contributed by atoms with E-state index in [9.17, 15) is 9.59 Å². The van der Waals surface area contributed by atoms with E-state index in [-0.39, 0.29) is 5.78 Å². The van der Waals surface area contributed by atoms with Gasteiger partial charge in [-0.05, 0) is 42.5 Å². The van der Waals surface area contributed by atoms with E-state index in [1.165, 1.54) is 29.3 Å². The van der Waals surface area contributed by atoms with Gasteiger partial charge in [-0.15, -0.1) is 0 Å². The smallest absolute Gasteiger partial charge is 0.267 e. The number of amides is 1. The largest absolute Gasteiger partial charge is 0.304 e. The van der Waals surface area contributed by atoms with Gasteiger partial charge in [-0.1, -0.05) is 30.3 Å². The average Bonchev–Trinajstić information content (AvgIpc) is 2.78. The van der Waals surface area contributed by atoms with Gasteiger partial charge < -0.3 is 4.90 Å². The number of nitrogens with one attached hydrogen (secondary N) is 1. The summed E-state index contributed by atoms with van der Waals surface area (Å²) in [6.45, 7) is 5.22. The molecule has 2 N–H and O–H groups in total. The van der Waals surface area contributed by atoms with Gasteiger partial charge in [0.25, 0.3) is 5.91 Å². The highest BCUT2D eigenvalue weighted by atomic mass is 16.5. The first-order chi connectivity index (χ1) is 14.5. The quantitative estimate of drug-likeness (QED) is 0.317. The number of ketones is 1. The first-order valence-corrected chi connectivity index (χ1v) is 9.84. The van der Waals surface area contributed by atoms with Crippen molar-refractivity contribution >= 4 is 23.8 Å². The third-order valence-electron chi connectivity index (χ3n) is 4.99. The van der Waals surface area contributed by atoms with Crippen LogP contribution in [-0.2, 0) is 11.3 Å². The van der Waals surface area contributed by atoms with Crippen molar-refractivity contribution in [1.29, 1.82) is 0 Å². The maximum Gasteiger partial charge on any atom is 0.267 e. The van der Waals surface area contributed by atoms with Crippen LogP contribution in [0.5, 0.6) is 0 Å². The summed E-state index contributed by atoms with van der Waals surface area (Å²) in [6.07, 6.45) is 7.50. The van der Waals surface area contributed by atoms with Crippen molar-refractivity contribution < 1.29 is 14.8 Å². The standard InChI is InChI=1S/C23H26N4O3/c1-26-12-14-27(15-13-26)17-19-2-6-20(7-3-19)22(28)10-5-18-4-8-21(24-16-18)9-11-23(29)25-30/h2-11,16,30H,12-15,17H2,1H3,(H,25,29)/b10-5+,11-9+. The molecule has 3 rings (SSSR count). The summed E-state index contributed by atoms with van der Waals surface area (Å²) in [5.41, 5.74) is 4.72. The minimum atomic E-state index is -0.624. The number of likely N-dealkylation sites (N-methyl/N-ethyl adjacent to an activating group) is 1. The number of hydrogen-bond acceptors (Lipinski definition) is 6. The molecule has 0 atom stereocenters. The second-order valence-corrected chi connectivity index (χ2v) is 7.30. The average molecular weight is 406 g/mol. The van der Waals surface area contributed by atoms with Crippen LogP contribution >= 0.6 is 0 Å². The van der Waals surface area contributed by atoms with Crippen LogP contribution in [0.25, 0.3) is 12.2 Å². The van der Waals surface area contributed by atoms with E-state index >= 15 is 0 Å². The molecule has 1 aliphatic rings. The van der Waals surface area contributed by atoms with E-state index in [4.69, 9.17) is 5.21 Å². The summed E-state index contributed by atoms with van der Waals surface area (Å²) < 4.78 is 0. The number of carbonyl (C=O) groups excluding carboxylic acids is 2. The summed E-state index contributed by atoms with van der Waals surface area (Å²) in [5.74, 6) is -0.689. The van der Waals surface area contributed by atoms with Gasteiger partial charge in [0.1, 0.15) is 0 Å². The van der Waals surface area contributed by atoms with E-state index in [1.54, 1.807) is 24.4 Å². The lowest BCUT2D eigenvalue weighted by molar-refractivity contribution is -0.124. The van der Waals surface area contributed by atoms with Gasteiger partial charge >= 0.3 is 0 Å². The number of piperazine rings is 1. The molecule has 2 aromatic rings. The lowest BCUT2D eigenvalue weighted by atomic mass is 10.1. The monoisotopic (exact) mass is 406 g/mol. The summed E-state index contributed by atoms with van der Waals surface area (Å²) in [6, 6.07) is 11.3. The molecule has 2 heterocycles. The fourth-order valence-corrected chi connectivity index (χ4v) is 3.12.